The quantitative estimate of drug-likeness (QED) is 0.621. The Morgan fingerprint density at radius 1 is 1.00 bits per heavy atom. The van der Waals surface area contributed by atoms with Crippen LogP contribution in [0.1, 0.15) is 25.2 Å². The molecule has 0 radical (unpaired) electrons. The van der Waals surface area contributed by atoms with E-state index in [0.29, 0.717) is 0 Å². The van der Waals surface area contributed by atoms with Crippen LogP contribution in [0.5, 0.6) is 11.5 Å². The SMILES string of the molecule is CCN(CC)c1ccc2[nH]c(/C=C/c3ccc(O)c(O)c3)nc2c1. The number of nitrogens with zero attached hydrogens (tertiary/aromatic N) is 2. The van der Waals surface area contributed by atoms with Gasteiger partial charge in [0.2, 0.25) is 0 Å². The average molecular weight is 323 g/mol. The number of aromatic amines is 1. The van der Waals surface area contributed by atoms with Crippen LogP contribution in [0.25, 0.3) is 23.2 Å². The second kappa shape index (κ2) is 6.66. The third-order valence-corrected chi connectivity index (χ3v) is 4.05. The molecule has 24 heavy (non-hydrogen) atoms. The number of benzene rings is 2. The summed E-state index contributed by atoms with van der Waals surface area (Å²) in [6, 6.07) is 10.9. The van der Waals surface area contributed by atoms with Gasteiger partial charge in [-0.3, -0.25) is 0 Å². The fraction of sp³-hybridized carbons (Fsp3) is 0.211. The van der Waals surface area contributed by atoms with Crippen LogP contribution in [0, 0.1) is 0 Å². The highest BCUT2D eigenvalue weighted by atomic mass is 16.3. The number of rotatable bonds is 5. The molecule has 3 aromatic rings. The van der Waals surface area contributed by atoms with E-state index in [1.165, 1.54) is 12.1 Å². The zero-order valence-corrected chi connectivity index (χ0v) is 13.8. The fourth-order valence-electron chi connectivity index (χ4n) is 2.70. The minimum absolute atomic E-state index is 0.125. The molecular weight excluding hydrogens is 302 g/mol. The van der Waals surface area contributed by atoms with Gasteiger partial charge in [0.1, 0.15) is 5.82 Å². The van der Waals surface area contributed by atoms with Gasteiger partial charge >= 0.3 is 0 Å². The maximum Gasteiger partial charge on any atom is 0.157 e. The monoisotopic (exact) mass is 323 g/mol. The lowest BCUT2D eigenvalue weighted by atomic mass is 10.2. The Kier molecular flexibility index (Phi) is 4.42. The summed E-state index contributed by atoms with van der Waals surface area (Å²) in [5.74, 6) is 0.486. The van der Waals surface area contributed by atoms with Crippen molar-refractivity contribution < 1.29 is 10.2 Å². The first kappa shape index (κ1) is 15.9. The third kappa shape index (κ3) is 3.20. The van der Waals surface area contributed by atoms with Crippen LogP contribution >= 0.6 is 0 Å². The van der Waals surface area contributed by atoms with Crippen LogP contribution in [0.3, 0.4) is 0 Å². The summed E-state index contributed by atoms with van der Waals surface area (Å²) in [5.41, 5.74) is 3.86. The van der Waals surface area contributed by atoms with E-state index in [4.69, 9.17) is 0 Å². The van der Waals surface area contributed by atoms with Crippen molar-refractivity contribution in [2.24, 2.45) is 0 Å². The zero-order chi connectivity index (χ0) is 17.1. The van der Waals surface area contributed by atoms with E-state index in [9.17, 15) is 10.2 Å². The topological polar surface area (TPSA) is 72.4 Å². The van der Waals surface area contributed by atoms with Gasteiger partial charge in [-0.25, -0.2) is 4.98 Å². The van der Waals surface area contributed by atoms with Gasteiger partial charge in [-0.05, 0) is 55.8 Å². The number of phenols is 2. The molecule has 0 fully saturated rings. The van der Waals surface area contributed by atoms with Gasteiger partial charge in [-0.15, -0.1) is 0 Å². The zero-order valence-electron chi connectivity index (χ0n) is 13.8. The van der Waals surface area contributed by atoms with Crippen molar-refractivity contribution in [2.75, 3.05) is 18.0 Å². The van der Waals surface area contributed by atoms with Crippen molar-refractivity contribution in [2.45, 2.75) is 13.8 Å². The molecule has 124 valence electrons. The van der Waals surface area contributed by atoms with Gasteiger partial charge in [0.05, 0.1) is 11.0 Å². The smallest absolute Gasteiger partial charge is 0.157 e. The molecular formula is C19H21N3O2. The highest BCUT2D eigenvalue weighted by molar-refractivity contribution is 5.82. The highest BCUT2D eigenvalue weighted by Crippen LogP contribution is 2.26. The van der Waals surface area contributed by atoms with Crippen LogP contribution in [0.2, 0.25) is 0 Å². The Labute approximate surface area is 140 Å². The molecule has 1 heterocycles. The predicted molar refractivity (Wildman–Crippen MR) is 98.4 cm³/mol. The Morgan fingerprint density at radius 2 is 1.79 bits per heavy atom. The third-order valence-electron chi connectivity index (χ3n) is 4.05. The lowest BCUT2D eigenvalue weighted by Crippen LogP contribution is -2.21. The van der Waals surface area contributed by atoms with Gasteiger partial charge < -0.3 is 20.1 Å². The number of hydrogen-bond donors (Lipinski definition) is 3. The number of phenolic OH excluding ortho intramolecular Hbond substituents is 2. The second-order valence-electron chi connectivity index (χ2n) is 5.58. The van der Waals surface area contributed by atoms with E-state index in [1.807, 2.05) is 18.2 Å². The second-order valence-corrected chi connectivity index (χ2v) is 5.58. The summed E-state index contributed by atoms with van der Waals surface area (Å²) < 4.78 is 0. The molecule has 0 atom stereocenters. The summed E-state index contributed by atoms with van der Waals surface area (Å²) >= 11 is 0. The first-order valence-electron chi connectivity index (χ1n) is 8.05. The molecule has 0 amide bonds. The number of aromatic hydroxyl groups is 2. The summed E-state index contributed by atoms with van der Waals surface area (Å²) in [6.45, 7) is 6.20. The summed E-state index contributed by atoms with van der Waals surface area (Å²) in [5, 5.41) is 18.9. The molecule has 1 aromatic heterocycles. The molecule has 0 aliphatic rings. The molecule has 5 nitrogen and oxygen atoms in total. The van der Waals surface area contributed by atoms with Crippen LogP contribution < -0.4 is 4.90 Å². The van der Waals surface area contributed by atoms with Crippen molar-refractivity contribution >= 4 is 28.9 Å². The Balaban J connectivity index is 1.87. The van der Waals surface area contributed by atoms with Crippen molar-refractivity contribution in [3.05, 3.63) is 47.8 Å². The number of anilines is 1. The van der Waals surface area contributed by atoms with Crippen molar-refractivity contribution in [3.8, 4) is 11.5 Å². The Bertz CT molecular complexity index is 879. The number of fused-ring (bicyclic) bond motifs is 1. The molecule has 5 heteroatoms. The molecule has 0 aliphatic heterocycles. The van der Waals surface area contributed by atoms with Gasteiger partial charge in [0.15, 0.2) is 11.5 Å². The summed E-state index contributed by atoms with van der Waals surface area (Å²) in [7, 11) is 0. The Morgan fingerprint density at radius 3 is 2.50 bits per heavy atom. The fourth-order valence-corrected chi connectivity index (χ4v) is 2.70. The minimum Gasteiger partial charge on any atom is -0.504 e. The normalized spacial score (nSPS) is 11.4. The number of hydrogen-bond acceptors (Lipinski definition) is 4. The maximum absolute atomic E-state index is 9.53. The van der Waals surface area contributed by atoms with E-state index in [1.54, 1.807) is 6.07 Å². The van der Waals surface area contributed by atoms with E-state index in [-0.39, 0.29) is 11.5 Å². The number of aromatic nitrogens is 2. The molecule has 0 saturated heterocycles. The summed E-state index contributed by atoms with van der Waals surface area (Å²) in [4.78, 5) is 10.1. The molecule has 0 bridgehead atoms. The van der Waals surface area contributed by atoms with Crippen molar-refractivity contribution in [1.29, 1.82) is 0 Å². The Hall–Kier alpha value is -2.95. The lowest BCUT2D eigenvalue weighted by Gasteiger charge is -2.20. The van der Waals surface area contributed by atoms with Gasteiger partial charge in [0.25, 0.3) is 0 Å². The van der Waals surface area contributed by atoms with Crippen molar-refractivity contribution in [1.82, 2.24) is 9.97 Å². The first-order valence-corrected chi connectivity index (χ1v) is 8.05. The molecule has 0 saturated carbocycles. The molecule has 2 aromatic carbocycles. The van der Waals surface area contributed by atoms with Gasteiger partial charge in [-0.2, -0.15) is 0 Å². The number of H-pyrrole nitrogens is 1. The number of imidazole rings is 1. The van der Waals surface area contributed by atoms with Crippen LogP contribution in [0.4, 0.5) is 5.69 Å². The van der Waals surface area contributed by atoms with Gasteiger partial charge in [-0.1, -0.05) is 12.1 Å². The van der Waals surface area contributed by atoms with E-state index in [0.717, 1.165) is 41.2 Å². The van der Waals surface area contributed by atoms with Gasteiger partial charge in [0, 0.05) is 18.8 Å². The predicted octanol–water partition coefficient (Wildman–Crippen LogP) is 3.99. The molecule has 3 rings (SSSR count). The maximum atomic E-state index is 9.53. The average Bonchev–Trinajstić information content (AvgIpc) is 2.99. The minimum atomic E-state index is -0.134. The highest BCUT2D eigenvalue weighted by Gasteiger charge is 2.06. The molecule has 0 spiro atoms. The van der Waals surface area contributed by atoms with E-state index < -0.39 is 0 Å². The number of nitrogens with one attached hydrogen (secondary N) is 1. The standard InChI is InChI=1S/C19H21N3O2/c1-3-22(4-2)14-7-8-15-16(12-14)21-19(20-15)10-6-13-5-9-17(23)18(24)11-13/h5-12,23-24H,3-4H2,1-2H3,(H,20,21)/b10-6+. The van der Waals surface area contributed by atoms with Crippen LogP contribution in [-0.4, -0.2) is 33.3 Å². The molecule has 0 aliphatic carbocycles. The lowest BCUT2D eigenvalue weighted by molar-refractivity contribution is 0.403. The van der Waals surface area contributed by atoms with Crippen molar-refractivity contribution in [3.63, 3.8) is 0 Å². The van der Waals surface area contributed by atoms with E-state index in [2.05, 4.69) is 40.8 Å². The molecule has 0 unspecified atom stereocenters. The molecule has 3 N–H and O–H groups in total. The van der Waals surface area contributed by atoms with Crippen LogP contribution in [0.15, 0.2) is 36.4 Å². The van der Waals surface area contributed by atoms with E-state index >= 15 is 0 Å². The van der Waals surface area contributed by atoms with Crippen LogP contribution in [-0.2, 0) is 0 Å². The largest absolute Gasteiger partial charge is 0.504 e. The summed E-state index contributed by atoms with van der Waals surface area (Å²) in [6.07, 6.45) is 3.69. The first-order chi connectivity index (χ1) is 11.6.